The van der Waals surface area contributed by atoms with Crippen LogP contribution in [-0.2, 0) is 28.5 Å². The monoisotopic (exact) mass is 596 g/mol. The molecule has 5 N–H and O–H groups in total. The Bertz CT molecular complexity index is 1540. The molecule has 0 saturated heterocycles. The third kappa shape index (κ3) is 5.32. The number of benzene rings is 3. The van der Waals surface area contributed by atoms with Gasteiger partial charge in [-0.25, -0.2) is 27.8 Å². The lowest BCUT2D eigenvalue weighted by Gasteiger charge is -2.36. The number of carboxylic acid groups (broad SMARTS) is 1. The predicted octanol–water partition coefficient (Wildman–Crippen LogP) is 2.84. The average Bonchev–Trinajstić information content (AvgIpc) is 3.14. The van der Waals surface area contributed by atoms with Crippen LogP contribution >= 0.6 is 15.6 Å². The van der Waals surface area contributed by atoms with Crippen molar-refractivity contribution in [1.82, 2.24) is 0 Å². The first-order chi connectivity index (χ1) is 18.8. The highest BCUT2D eigenvalue weighted by molar-refractivity contribution is 7.46. The van der Waals surface area contributed by atoms with E-state index in [9.17, 15) is 23.8 Å². The minimum atomic E-state index is -4.81. The normalized spacial score (nSPS) is 14.9. The van der Waals surface area contributed by atoms with E-state index in [0.29, 0.717) is 0 Å². The fourth-order valence-corrected chi connectivity index (χ4v) is 4.70. The van der Waals surface area contributed by atoms with E-state index in [4.69, 9.17) is 38.5 Å². The molecule has 17 heteroatoms. The summed E-state index contributed by atoms with van der Waals surface area (Å²) in [6, 6.07) is 12.3. The first-order valence-electron chi connectivity index (χ1n) is 11.0. The molecule has 1 spiro atoms. The fourth-order valence-electron chi connectivity index (χ4n) is 4.32. The van der Waals surface area contributed by atoms with Gasteiger partial charge in [-0.05, 0) is 42.5 Å². The van der Waals surface area contributed by atoms with Crippen LogP contribution in [-0.4, -0.2) is 50.2 Å². The number of esters is 1. The lowest BCUT2D eigenvalue weighted by Crippen LogP contribution is -2.33. The van der Waals surface area contributed by atoms with Gasteiger partial charge in [-0.3, -0.25) is 0 Å². The summed E-state index contributed by atoms with van der Waals surface area (Å²) in [5.74, 6) is -1.75. The summed E-state index contributed by atoms with van der Waals surface area (Å²) in [5, 5.41) is 9.59. The minimum Gasteiger partial charge on any atom is -0.478 e. The molecule has 2 heterocycles. The van der Waals surface area contributed by atoms with Crippen molar-refractivity contribution in [3.8, 4) is 23.0 Å². The molecule has 0 bridgehead atoms. The highest BCUT2D eigenvalue weighted by atomic mass is 31.2. The van der Waals surface area contributed by atoms with Crippen LogP contribution in [0.5, 0.6) is 23.0 Å². The number of hydrogen-bond acceptors (Lipinski definition) is 10. The van der Waals surface area contributed by atoms with Crippen molar-refractivity contribution in [2.75, 3.05) is 13.6 Å². The van der Waals surface area contributed by atoms with Crippen molar-refractivity contribution in [3.05, 3.63) is 82.4 Å². The Kier molecular flexibility index (Phi) is 6.94. The van der Waals surface area contributed by atoms with Crippen LogP contribution in [0.25, 0.3) is 0 Å². The molecule has 2 aliphatic heterocycles. The maximum atomic E-state index is 13.0. The zero-order valence-corrected chi connectivity index (χ0v) is 21.6. The van der Waals surface area contributed by atoms with Crippen molar-refractivity contribution in [2.45, 2.75) is 5.60 Å². The standard InChI is InChI=1S/C23H18O15P2/c24-21(25)12-1-4-15-18(7-12)23(38-22(15)26)16-5-2-13(33-10-35-39(27,28)29)8-19(16)37-20-9-14(3-6-17(20)23)34-11-36-40(30,31)32/h1-9H,10-11H2,(H,24,25)(H2,27,28,29)(H2,30,31,32). The number of phosphoric acid groups is 2. The van der Waals surface area contributed by atoms with Gasteiger partial charge in [0.1, 0.15) is 23.0 Å². The van der Waals surface area contributed by atoms with Gasteiger partial charge in [-0.15, -0.1) is 0 Å². The van der Waals surface area contributed by atoms with Crippen molar-refractivity contribution in [2.24, 2.45) is 0 Å². The largest absolute Gasteiger partial charge is 0.478 e. The molecule has 40 heavy (non-hydrogen) atoms. The zero-order valence-electron chi connectivity index (χ0n) is 19.8. The summed E-state index contributed by atoms with van der Waals surface area (Å²) >= 11 is 0. The van der Waals surface area contributed by atoms with E-state index in [2.05, 4.69) is 9.05 Å². The molecule has 0 radical (unpaired) electrons. The molecule has 5 rings (SSSR count). The molecule has 0 atom stereocenters. The van der Waals surface area contributed by atoms with Gasteiger partial charge >= 0.3 is 27.6 Å². The van der Waals surface area contributed by atoms with Gasteiger partial charge in [0.2, 0.25) is 0 Å². The topological polar surface area (TPSA) is 225 Å². The third-order valence-corrected chi connectivity index (χ3v) is 6.77. The van der Waals surface area contributed by atoms with E-state index < -0.39 is 46.8 Å². The Balaban J connectivity index is 1.61. The predicted molar refractivity (Wildman–Crippen MR) is 129 cm³/mol. The second-order valence-electron chi connectivity index (χ2n) is 8.32. The maximum Gasteiger partial charge on any atom is 0.472 e. The van der Waals surface area contributed by atoms with E-state index >= 15 is 0 Å². The second kappa shape index (κ2) is 10.0. The first kappa shape index (κ1) is 27.8. The number of carboxylic acids is 1. The molecular formula is C23H18O15P2. The quantitative estimate of drug-likeness (QED) is 0.136. The number of rotatable bonds is 9. The molecule has 210 valence electrons. The van der Waals surface area contributed by atoms with Crippen LogP contribution in [0.3, 0.4) is 0 Å². The first-order valence-corrected chi connectivity index (χ1v) is 14.1. The zero-order chi connectivity index (χ0) is 28.9. The van der Waals surface area contributed by atoms with Crippen molar-refractivity contribution in [1.29, 1.82) is 0 Å². The Hall–Kier alpha value is -3.78. The molecule has 15 nitrogen and oxygen atoms in total. The molecule has 3 aromatic carbocycles. The van der Waals surface area contributed by atoms with Gasteiger partial charge in [0, 0.05) is 28.8 Å². The molecule has 0 amide bonds. The third-order valence-electron chi connectivity index (χ3n) is 5.89. The molecule has 3 aromatic rings. The summed E-state index contributed by atoms with van der Waals surface area (Å²) in [6.45, 7) is -1.61. The van der Waals surface area contributed by atoms with Gasteiger partial charge in [0.15, 0.2) is 19.2 Å². The summed E-state index contributed by atoms with van der Waals surface area (Å²) in [4.78, 5) is 60.3. The molecule has 0 aromatic heterocycles. The smallest absolute Gasteiger partial charge is 0.472 e. The lowest BCUT2D eigenvalue weighted by atomic mass is 9.77. The minimum absolute atomic E-state index is 0.0529. The number of carbonyl (C=O) groups excluding carboxylic acids is 1. The van der Waals surface area contributed by atoms with E-state index in [0.717, 1.165) is 0 Å². The Morgan fingerprint density at radius 3 is 1.77 bits per heavy atom. The Morgan fingerprint density at radius 1 is 0.775 bits per heavy atom. The SMILES string of the molecule is O=C(O)c1ccc2c(c1)C1(OC2=O)c2ccc(OCOP(=O)(O)O)cc2Oc2cc(OCOP(=O)(O)O)ccc21. The highest BCUT2D eigenvalue weighted by Crippen LogP contribution is 2.57. The van der Waals surface area contributed by atoms with E-state index in [1.165, 1.54) is 54.6 Å². The summed E-state index contributed by atoms with van der Waals surface area (Å²) in [7, 11) is -9.62. The van der Waals surface area contributed by atoms with Gasteiger partial charge in [0.05, 0.1) is 11.1 Å². The van der Waals surface area contributed by atoms with Crippen molar-refractivity contribution >= 4 is 27.6 Å². The summed E-state index contributed by atoms with van der Waals surface area (Å²) < 4.78 is 52.9. The van der Waals surface area contributed by atoms with Crippen LogP contribution in [0.15, 0.2) is 54.6 Å². The second-order valence-corrected chi connectivity index (χ2v) is 10.8. The fraction of sp³-hybridized carbons (Fsp3) is 0.130. The van der Waals surface area contributed by atoms with E-state index in [-0.39, 0.29) is 50.8 Å². The van der Waals surface area contributed by atoms with Crippen LogP contribution in [0.1, 0.15) is 37.4 Å². The molecular weight excluding hydrogens is 578 g/mol. The number of hydrogen-bond donors (Lipinski definition) is 5. The highest BCUT2D eigenvalue weighted by Gasteiger charge is 2.54. The molecule has 0 aliphatic carbocycles. The van der Waals surface area contributed by atoms with Crippen LogP contribution in [0.2, 0.25) is 0 Å². The number of fused-ring (bicyclic) bond motifs is 6. The van der Waals surface area contributed by atoms with Crippen LogP contribution in [0, 0.1) is 0 Å². The number of carbonyl (C=O) groups is 2. The average molecular weight is 596 g/mol. The summed E-state index contributed by atoms with van der Waals surface area (Å²) in [6.07, 6.45) is 0. The lowest BCUT2D eigenvalue weighted by molar-refractivity contribution is 0.0223. The molecule has 0 saturated carbocycles. The van der Waals surface area contributed by atoms with Gasteiger partial charge in [-0.1, -0.05) is 0 Å². The molecule has 0 fully saturated rings. The Morgan fingerprint density at radius 2 is 1.30 bits per heavy atom. The Labute approximate surface area is 223 Å². The van der Waals surface area contributed by atoms with Gasteiger partial charge in [0.25, 0.3) is 0 Å². The molecule has 2 aliphatic rings. The molecule has 0 unspecified atom stereocenters. The number of phosphoric ester groups is 2. The van der Waals surface area contributed by atoms with Gasteiger partial charge < -0.3 is 43.6 Å². The number of ether oxygens (including phenoxy) is 4. The van der Waals surface area contributed by atoms with E-state index in [1.807, 2.05) is 0 Å². The van der Waals surface area contributed by atoms with E-state index in [1.54, 1.807) is 0 Å². The summed E-state index contributed by atoms with van der Waals surface area (Å²) in [5.41, 5.74) is -0.944. The van der Waals surface area contributed by atoms with Crippen molar-refractivity contribution < 1.29 is 71.4 Å². The number of aromatic carboxylic acids is 1. The van der Waals surface area contributed by atoms with Crippen LogP contribution in [0.4, 0.5) is 0 Å². The van der Waals surface area contributed by atoms with Crippen molar-refractivity contribution in [3.63, 3.8) is 0 Å². The van der Waals surface area contributed by atoms with Gasteiger partial charge in [-0.2, -0.15) is 0 Å². The van der Waals surface area contributed by atoms with Crippen LogP contribution < -0.4 is 14.2 Å². The maximum absolute atomic E-state index is 13.0.